The molecule has 8 nitrogen and oxygen atoms in total. The Hall–Kier alpha value is -2.23. The molecule has 1 aliphatic rings. The van der Waals surface area contributed by atoms with Crippen molar-refractivity contribution in [3.05, 3.63) is 36.0 Å². The first kappa shape index (κ1) is 25.0. The van der Waals surface area contributed by atoms with Crippen LogP contribution in [0.3, 0.4) is 0 Å². The van der Waals surface area contributed by atoms with Gasteiger partial charge in [0.2, 0.25) is 11.8 Å². The summed E-state index contributed by atoms with van der Waals surface area (Å²) in [5.41, 5.74) is 7.23. The third-order valence-corrected chi connectivity index (χ3v) is 5.78. The predicted molar refractivity (Wildman–Crippen MR) is 118 cm³/mol. The molecule has 2 atom stereocenters. The number of carbonyl (C=O) groups excluding carboxylic acids is 1. The minimum atomic E-state index is -0.553. The van der Waals surface area contributed by atoms with E-state index in [0.717, 1.165) is 31.9 Å². The smallest absolute Gasteiger partial charge is 0.241 e. The van der Waals surface area contributed by atoms with Gasteiger partial charge < -0.3 is 20.5 Å². The van der Waals surface area contributed by atoms with Gasteiger partial charge >= 0.3 is 0 Å². The number of rotatable bonds is 8. The molecule has 1 unspecified atom stereocenters. The maximum atomic E-state index is 13.8. The molecule has 0 radical (unpaired) electrons. The Kier molecular flexibility index (Phi) is 9.21. The molecule has 0 saturated heterocycles. The molecule has 3 rings (SSSR count). The van der Waals surface area contributed by atoms with Crippen LogP contribution >= 0.6 is 12.4 Å². The summed E-state index contributed by atoms with van der Waals surface area (Å²) in [5, 5.41) is 7.18. The van der Waals surface area contributed by atoms with Crippen molar-refractivity contribution in [3.63, 3.8) is 0 Å². The Labute approximate surface area is 188 Å². The molecule has 10 heteroatoms. The number of nitrogens with zero attached hydrogens (tertiary/aromatic N) is 3. The lowest BCUT2D eigenvalue weighted by molar-refractivity contribution is -0.118. The predicted octanol–water partition coefficient (Wildman–Crippen LogP) is 3.18. The highest BCUT2D eigenvalue weighted by atomic mass is 35.5. The third kappa shape index (κ3) is 6.15. The summed E-state index contributed by atoms with van der Waals surface area (Å²) in [4.78, 5) is 16.6. The highest BCUT2D eigenvalue weighted by Crippen LogP contribution is 2.31. The van der Waals surface area contributed by atoms with Crippen molar-refractivity contribution in [1.29, 1.82) is 0 Å². The van der Waals surface area contributed by atoms with Gasteiger partial charge in [0.15, 0.2) is 0 Å². The number of methoxy groups -OCH3 is 2. The van der Waals surface area contributed by atoms with Crippen molar-refractivity contribution in [2.45, 2.75) is 44.7 Å². The van der Waals surface area contributed by atoms with E-state index >= 15 is 0 Å². The van der Waals surface area contributed by atoms with E-state index in [1.54, 1.807) is 18.0 Å². The number of aromatic nitrogens is 3. The first-order valence-corrected chi connectivity index (χ1v) is 10.2. The molecule has 2 aromatic rings. The molecule has 1 saturated carbocycles. The van der Waals surface area contributed by atoms with Gasteiger partial charge in [0, 0.05) is 18.9 Å². The molecular formula is C21H31ClFN5O3. The fourth-order valence-electron chi connectivity index (χ4n) is 3.98. The Morgan fingerprint density at radius 2 is 2.03 bits per heavy atom. The normalized spacial score (nSPS) is 20.4. The van der Waals surface area contributed by atoms with Crippen molar-refractivity contribution in [1.82, 2.24) is 14.8 Å². The molecule has 1 aliphatic carbocycles. The molecule has 0 bridgehead atoms. The Balaban J connectivity index is 0.00000341. The zero-order valence-corrected chi connectivity index (χ0v) is 18.9. The Morgan fingerprint density at radius 1 is 1.32 bits per heavy atom. The number of ether oxygens (including phenoxy) is 2. The highest BCUT2D eigenvalue weighted by molar-refractivity contribution is 5.94. The van der Waals surface area contributed by atoms with Gasteiger partial charge in [0.25, 0.3) is 0 Å². The average Bonchev–Trinajstić information content (AvgIpc) is 3.20. The second-order valence-corrected chi connectivity index (χ2v) is 7.97. The van der Waals surface area contributed by atoms with Crippen LogP contribution in [0.15, 0.2) is 24.7 Å². The molecule has 1 fully saturated rings. The summed E-state index contributed by atoms with van der Waals surface area (Å²) in [6.07, 6.45) is 8.44. The maximum absolute atomic E-state index is 13.8. The third-order valence-electron chi connectivity index (χ3n) is 5.78. The first-order valence-electron chi connectivity index (χ1n) is 10.2. The number of anilines is 1. The zero-order chi connectivity index (χ0) is 21.7. The Morgan fingerprint density at radius 3 is 2.68 bits per heavy atom. The molecular weight excluding hydrogens is 425 g/mol. The van der Waals surface area contributed by atoms with E-state index in [0.29, 0.717) is 17.2 Å². The van der Waals surface area contributed by atoms with Gasteiger partial charge in [-0.2, -0.15) is 5.10 Å². The number of hydrogen-bond donors (Lipinski definition) is 2. The van der Waals surface area contributed by atoms with E-state index in [1.807, 2.05) is 0 Å². The van der Waals surface area contributed by atoms with Crippen molar-refractivity contribution < 1.29 is 18.7 Å². The number of nitrogens with one attached hydrogen (secondary N) is 1. The molecule has 3 N–H and O–H groups in total. The van der Waals surface area contributed by atoms with Crippen LogP contribution in [-0.4, -0.2) is 47.5 Å². The van der Waals surface area contributed by atoms with Crippen LogP contribution in [0.4, 0.5) is 10.1 Å². The quantitative estimate of drug-likeness (QED) is 0.633. The van der Waals surface area contributed by atoms with E-state index in [2.05, 4.69) is 22.3 Å². The van der Waals surface area contributed by atoms with Gasteiger partial charge in [-0.25, -0.2) is 9.37 Å². The monoisotopic (exact) mass is 455 g/mol. The largest absolute Gasteiger partial charge is 0.481 e. The van der Waals surface area contributed by atoms with E-state index in [4.69, 9.17) is 15.2 Å². The number of nitrogens with two attached hydrogens (primary N) is 1. The van der Waals surface area contributed by atoms with Gasteiger partial charge in [-0.15, -0.1) is 12.4 Å². The summed E-state index contributed by atoms with van der Waals surface area (Å²) in [6.45, 7) is 2.45. The number of carbonyl (C=O) groups is 1. The van der Waals surface area contributed by atoms with Crippen molar-refractivity contribution in [2.75, 3.05) is 26.1 Å². The summed E-state index contributed by atoms with van der Waals surface area (Å²) in [5.74, 6) is 0.470. The molecule has 1 amide bonds. The minimum absolute atomic E-state index is 0. The fraction of sp³-hybridized carbons (Fsp3) is 0.571. The second kappa shape index (κ2) is 11.4. The van der Waals surface area contributed by atoms with Gasteiger partial charge in [-0.1, -0.05) is 19.8 Å². The Bertz CT molecular complexity index is 857. The maximum Gasteiger partial charge on any atom is 0.241 e. The minimum Gasteiger partial charge on any atom is -0.481 e. The number of halogens is 2. The molecule has 0 spiro atoms. The molecule has 172 valence electrons. The molecule has 0 aromatic carbocycles. The topological polar surface area (TPSA) is 104 Å². The SMILES string of the molecule is COCC(c1cc(F)cnc1OC)n1cc(NC(=O)[C@@H](N)C2CCC(C)CC2)cn1.Cl. The summed E-state index contributed by atoms with van der Waals surface area (Å²) in [6, 6.07) is 0.311. The standard InChI is InChI=1S/C21H30FN5O3.ClH/c1-13-4-6-14(7-5-13)19(23)20(28)26-16-10-25-27(11-16)18(12-29-2)17-8-15(22)9-24-21(17)30-3;/h8-11,13-14,18-19H,4-7,12,23H2,1-3H3,(H,26,28);1H/t13?,14?,18?,19-;/m0./s1. The van der Waals surface area contributed by atoms with Crippen LogP contribution in [0.5, 0.6) is 5.88 Å². The van der Waals surface area contributed by atoms with Gasteiger partial charge in [0.1, 0.15) is 11.9 Å². The number of amides is 1. The summed E-state index contributed by atoms with van der Waals surface area (Å²) >= 11 is 0. The number of hydrogen-bond acceptors (Lipinski definition) is 6. The molecule has 2 heterocycles. The van der Waals surface area contributed by atoms with Crippen molar-refractivity contribution >= 4 is 24.0 Å². The van der Waals surface area contributed by atoms with E-state index in [1.165, 1.54) is 19.4 Å². The van der Waals surface area contributed by atoms with Gasteiger partial charge in [-0.3, -0.25) is 9.48 Å². The van der Waals surface area contributed by atoms with Gasteiger partial charge in [-0.05, 0) is 30.7 Å². The summed E-state index contributed by atoms with van der Waals surface area (Å²) < 4.78 is 26.0. The molecule has 2 aromatic heterocycles. The van der Waals surface area contributed by atoms with Crippen LogP contribution in [-0.2, 0) is 9.53 Å². The first-order chi connectivity index (χ1) is 14.4. The van der Waals surface area contributed by atoms with Crippen LogP contribution in [0.25, 0.3) is 0 Å². The van der Waals surface area contributed by atoms with Crippen LogP contribution in [0.1, 0.15) is 44.2 Å². The van der Waals surface area contributed by atoms with Crippen molar-refractivity contribution in [2.24, 2.45) is 17.6 Å². The van der Waals surface area contributed by atoms with E-state index in [9.17, 15) is 9.18 Å². The second-order valence-electron chi connectivity index (χ2n) is 7.97. The van der Waals surface area contributed by atoms with Crippen molar-refractivity contribution in [3.8, 4) is 5.88 Å². The van der Waals surface area contributed by atoms with Gasteiger partial charge in [0.05, 0.1) is 37.8 Å². The van der Waals surface area contributed by atoms with Crippen LogP contribution in [0, 0.1) is 17.7 Å². The highest BCUT2D eigenvalue weighted by Gasteiger charge is 2.29. The molecule has 31 heavy (non-hydrogen) atoms. The fourth-order valence-corrected chi connectivity index (χ4v) is 3.98. The van der Waals surface area contributed by atoms with E-state index in [-0.39, 0.29) is 36.7 Å². The zero-order valence-electron chi connectivity index (χ0n) is 18.1. The van der Waals surface area contributed by atoms with E-state index < -0.39 is 17.9 Å². The number of pyridine rings is 1. The van der Waals surface area contributed by atoms with Crippen LogP contribution < -0.4 is 15.8 Å². The lowest BCUT2D eigenvalue weighted by Crippen LogP contribution is -2.43. The average molecular weight is 456 g/mol. The summed E-state index contributed by atoms with van der Waals surface area (Å²) in [7, 11) is 3.01. The van der Waals surface area contributed by atoms with Crippen LogP contribution in [0.2, 0.25) is 0 Å². The molecule has 0 aliphatic heterocycles. The lowest BCUT2D eigenvalue weighted by Gasteiger charge is -2.29. The lowest BCUT2D eigenvalue weighted by atomic mass is 9.79.